The van der Waals surface area contributed by atoms with Crippen LogP contribution in [0.4, 0.5) is 5.69 Å². The first-order valence-electron chi connectivity index (χ1n) is 11.9. The standard InChI is InChI=1S/C26H29N5O3S/c1-16-14-20(17(2)29(16)22-12-11-19(34-3)15-23(22)31(32)33)25-24(21-10-6-7-13-27-21)28-26(35)30(25)18-8-4-5-9-18/h6-7,10-15,18,24-25H,4-5,8-9H2,1-3H3,(H,28,35). The molecule has 1 aliphatic heterocycles. The summed E-state index contributed by atoms with van der Waals surface area (Å²) in [6, 6.07) is 13.3. The fraction of sp³-hybridized carbons (Fsp3) is 0.385. The Morgan fingerprint density at radius 3 is 2.60 bits per heavy atom. The van der Waals surface area contributed by atoms with Crippen molar-refractivity contribution in [3.63, 3.8) is 0 Å². The molecule has 182 valence electrons. The van der Waals surface area contributed by atoms with E-state index in [4.69, 9.17) is 17.0 Å². The van der Waals surface area contributed by atoms with E-state index in [0.717, 1.165) is 40.6 Å². The fourth-order valence-electron chi connectivity index (χ4n) is 5.70. The average Bonchev–Trinajstić information content (AvgIpc) is 3.57. The Kier molecular flexibility index (Phi) is 6.19. The van der Waals surface area contributed by atoms with E-state index < -0.39 is 0 Å². The van der Waals surface area contributed by atoms with Crippen molar-refractivity contribution in [3.05, 3.63) is 81.4 Å². The second kappa shape index (κ2) is 9.30. The zero-order chi connectivity index (χ0) is 24.7. The summed E-state index contributed by atoms with van der Waals surface area (Å²) >= 11 is 5.87. The van der Waals surface area contributed by atoms with E-state index in [9.17, 15) is 10.1 Å². The van der Waals surface area contributed by atoms with Gasteiger partial charge >= 0.3 is 0 Å². The van der Waals surface area contributed by atoms with Crippen molar-refractivity contribution in [2.24, 2.45) is 0 Å². The molecular weight excluding hydrogens is 462 g/mol. The number of thiocarbonyl (C=S) groups is 1. The largest absolute Gasteiger partial charge is 0.496 e. The number of nitrogens with one attached hydrogen (secondary N) is 1. The number of benzene rings is 1. The number of pyridine rings is 1. The smallest absolute Gasteiger partial charge is 0.296 e. The molecule has 5 rings (SSSR count). The van der Waals surface area contributed by atoms with Crippen molar-refractivity contribution in [2.45, 2.75) is 57.7 Å². The minimum atomic E-state index is -0.357. The summed E-state index contributed by atoms with van der Waals surface area (Å²) in [5.41, 5.74) is 4.44. The number of methoxy groups -OCH3 is 1. The maximum absolute atomic E-state index is 11.9. The van der Waals surface area contributed by atoms with Crippen LogP contribution in [0.5, 0.6) is 5.75 Å². The molecule has 2 atom stereocenters. The Labute approximate surface area is 210 Å². The van der Waals surface area contributed by atoms with Crippen LogP contribution in [0.1, 0.15) is 60.4 Å². The molecule has 1 saturated carbocycles. The van der Waals surface area contributed by atoms with Crippen molar-refractivity contribution in [2.75, 3.05) is 7.11 Å². The van der Waals surface area contributed by atoms with Gasteiger partial charge in [-0.25, -0.2) is 0 Å². The van der Waals surface area contributed by atoms with Crippen LogP contribution in [0, 0.1) is 24.0 Å². The number of ether oxygens (including phenoxy) is 1. The molecule has 2 fully saturated rings. The summed E-state index contributed by atoms with van der Waals surface area (Å²) < 4.78 is 7.21. The molecule has 0 bridgehead atoms. The highest BCUT2D eigenvalue weighted by Gasteiger charge is 2.45. The Bertz CT molecular complexity index is 1270. The van der Waals surface area contributed by atoms with Crippen molar-refractivity contribution in [1.82, 2.24) is 19.8 Å². The van der Waals surface area contributed by atoms with Crippen LogP contribution in [0.15, 0.2) is 48.7 Å². The van der Waals surface area contributed by atoms with Gasteiger partial charge in [0.1, 0.15) is 11.4 Å². The number of hydrogen-bond donors (Lipinski definition) is 1. The number of nitro benzene ring substituents is 1. The molecule has 1 aliphatic carbocycles. The van der Waals surface area contributed by atoms with Gasteiger partial charge in [-0.2, -0.15) is 0 Å². The van der Waals surface area contributed by atoms with E-state index >= 15 is 0 Å². The van der Waals surface area contributed by atoms with Gasteiger partial charge < -0.3 is 19.5 Å². The van der Waals surface area contributed by atoms with Crippen LogP contribution in [-0.2, 0) is 0 Å². The van der Waals surface area contributed by atoms with Crippen LogP contribution < -0.4 is 10.1 Å². The quantitative estimate of drug-likeness (QED) is 0.284. The van der Waals surface area contributed by atoms with E-state index in [1.807, 2.05) is 36.6 Å². The molecule has 8 nitrogen and oxygen atoms in total. The number of rotatable bonds is 6. The van der Waals surface area contributed by atoms with Gasteiger partial charge in [-0.15, -0.1) is 0 Å². The van der Waals surface area contributed by atoms with E-state index in [2.05, 4.69) is 21.3 Å². The predicted octanol–water partition coefficient (Wildman–Crippen LogP) is 5.32. The molecule has 2 aliphatic rings. The van der Waals surface area contributed by atoms with E-state index in [1.165, 1.54) is 26.0 Å². The highest BCUT2D eigenvalue weighted by molar-refractivity contribution is 7.80. The molecule has 3 aromatic rings. The number of nitro groups is 1. The minimum Gasteiger partial charge on any atom is -0.496 e. The van der Waals surface area contributed by atoms with Crippen LogP contribution in [0.25, 0.3) is 5.69 Å². The highest BCUT2D eigenvalue weighted by atomic mass is 32.1. The van der Waals surface area contributed by atoms with Crippen molar-refractivity contribution in [3.8, 4) is 11.4 Å². The molecule has 0 amide bonds. The molecule has 0 spiro atoms. The summed E-state index contributed by atoms with van der Waals surface area (Å²) in [5.74, 6) is 0.455. The minimum absolute atomic E-state index is 0.00620. The Hall–Kier alpha value is -3.46. The molecule has 1 aromatic carbocycles. The number of nitrogens with zero attached hydrogens (tertiary/aromatic N) is 4. The van der Waals surface area contributed by atoms with Gasteiger partial charge in [-0.05, 0) is 74.8 Å². The van der Waals surface area contributed by atoms with Crippen molar-refractivity contribution in [1.29, 1.82) is 0 Å². The summed E-state index contributed by atoms with van der Waals surface area (Å²) in [5, 5.41) is 16.2. The summed E-state index contributed by atoms with van der Waals surface area (Å²) in [4.78, 5) is 18.6. The molecular formula is C26H29N5O3S. The van der Waals surface area contributed by atoms with Gasteiger partial charge in [-0.3, -0.25) is 15.1 Å². The second-order valence-corrected chi connectivity index (χ2v) is 9.63. The maximum atomic E-state index is 11.9. The molecule has 9 heteroatoms. The second-order valence-electron chi connectivity index (χ2n) is 9.25. The first-order valence-corrected chi connectivity index (χ1v) is 12.3. The van der Waals surface area contributed by atoms with Crippen LogP contribution in [-0.4, -0.2) is 37.6 Å². The van der Waals surface area contributed by atoms with E-state index in [0.29, 0.717) is 17.5 Å². The van der Waals surface area contributed by atoms with Crippen LogP contribution in [0.2, 0.25) is 0 Å². The first kappa shape index (κ1) is 23.3. The summed E-state index contributed by atoms with van der Waals surface area (Å²) in [7, 11) is 1.51. The molecule has 1 saturated heterocycles. The average molecular weight is 492 g/mol. The third-order valence-corrected chi connectivity index (χ3v) is 7.59. The zero-order valence-electron chi connectivity index (χ0n) is 20.1. The Balaban J connectivity index is 1.66. The van der Waals surface area contributed by atoms with Crippen LogP contribution >= 0.6 is 12.2 Å². The molecule has 2 unspecified atom stereocenters. The van der Waals surface area contributed by atoms with Gasteiger partial charge in [0.05, 0.1) is 35.9 Å². The fourth-order valence-corrected chi connectivity index (χ4v) is 6.09. The molecule has 0 radical (unpaired) electrons. The zero-order valence-corrected chi connectivity index (χ0v) is 20.9. The molecule has 1 N–H and O–H groups in total. The van der Waals surface area contributed by atoms with E-state index in [-0.39, 0.29) is 22.7 Å². The lowest BCUT2D eigenvalue weighted by Gasteiger charge is -2.33. The van der Waals surface area contributed by atoms with Gasteiger partial charge in [0.2, 0.25) is 0 Å². The third-order valence-electron chi connectivity index (χ3n) is 7.26. The van der Waals surface area contributed by atoms with Gasteiger partial charge in [0.15, 0.2) is 5.11 Å². The lowest BCUT2D eigenvalue weighted by Crippen LogP contribution is -2.37. The molecule has 2 aromatic heterocycles. The number of hydrogen-bond acceptors (Lipinski definition) is 5. The Morgan fingerprint density at radius 2 is 1.94 bits per heavy atom. The summed E-state index contributed by atoms with van der Waals surface area (Å²) in [6.07, 6.45) is 6.41. The third kappa shape index (κ3) is 4.03. The Morgan fingerprint density at radius 1 is 1.17 bits per heavy atom. The van der Waals surface area contributed by atoms with Gasteiger partial charge in [0, 0.05) is 23.6 Å². The number of aryl methyl sites for hydroxylation is 1. The predicted molar refractivity (Wildman–Crippen MR) is 138 cm³/mol. The van der Waals surface area contributed by atoms with Crippen molar-refractivity contribution < 1.29 is 9.66 Å². The van der Waals surface area contributed by atoms with Gasteiger partial charge in [0.25, 0.3) is 5.69 Å². The van der Waals surface area contributed by atoms with E-state index in [1.54, 1.807) is 18.3 Å². The highest BCUT2D eigenvalue weighted by Crippen LogP contribution is 2.45. The van der Waals surface area contributed by atoms with Crippen molar-refractivity contribution >= 4 is 23.0 Å². The SMILES string of the molecule is COc1ccc(-n2c(C)cc(C3C(c4ccccn4)NC(=S)N3C3CCCC3)c2C)c([N+](=O)[O-])c1. The van der Waals surface area contributed by atoms with Crippen LogP contribution in [0.3, 0.4) is 0 Å². The lowest BCUT2D eigenvalue weighted by molar-refractivity contribution is -0.384. The molecule has 3 heterocycles. The monoisotopic (exact) mass is 491 g/mol. The molecule has 35 heavy (non-hydrogen) atoms. The van der Waals surface area contributed by atoms with Gasteiger partial charge in [-0.1, -0.05) is 18.9 Å². The first-order chi connectivity index (χ1) is 16.9. The maximum Gasteiger partial charge on any atom is 0.296 e. The number of aromatic nitrogens is 2. The topological polar surface area (TPSA) is 85.5 Å². The summed E-state index contributed by atoms with van der Waals surface area (Å²) in [6.45, 7) is 4.01. The normalized spacial score (nSPS) is 20.3. The lowest BCUT2D eigenvalue weighted by atomic mass is 9.95.